The van der Waals surface area contributed by atoms with Gasteiger partial charge in [-0.3, -0.25) is 0 Å². The molecule has 1 heterocycles. The van der Waals surface area contributed by atoms with Gasteiger partial charge in [0.25, 0.3) is 0 Å². The fourth-order valence-corrected chi connectivity index (χ4v) is 1.74. The van der Waals surface area contributed by atoms with E-state index in [4.69, 9.17) is 21.9 Å². The van der Waals surface area contributed by atoms with Gasteiger partial charge in [-0.1, -0.05) is 0 Å². The number of alkyl halides is 1. The zero-order valence-corrected chi connectivity index (χ0v) is 9.85. The Morgan fingerprint density at radius 1 is 1.47 bits per heavy atom. The lowest BCUT2D eigenvalue weighted by Gasteiger charge is -2.05. The summed E-state index contributed by atoms with van der Waals surface area (Å²) in [7, 11) is 1.60. The van der Waals surface area contributed by atoms with E-state index in [2.05, 4.69) is 15.0 Å². The maximum atomic E-state index is 8.45. The third kappa shape index (κ3) is 2.25. The van der Waals surface area contributed by atoms with E-state index in [-0.39, 0.29) is 5.88 Å². The Labute approximate surface area is 103 Å². The van der Waals surface area contributed by atoms with Crippen LogP contribution in [0.3, 0.4) is 0 Å². The Balaban J connectivity index is 2.68. The molecule has 1 aromatic heterocycles. The number of benzene rings is 1. The van der Waals surface area contributed by atoms with Crippen molar-refractivity contribution in [2.24, 2.45) is 5.11 Å². The quantitative estimate of drug-likeness (QED) is 0.357. The molecular weight excluding hydrogens is 240 g/mol. The Kier molecular flexibility index (Phi) is 3.32. The van der Waals surface area contributed by atoms with Gasteiger partial charge in [0.15, 0.2) is 0 Å². The van der Waals surface area contributed by atoms with Crippen molar-refractivity contribution in [3.8, 4) is 5.75 Å². The van der Waals surface area contributed by atoms with E-state index in [0.717, 1.165) is 16.7 Å². The van der Waals surface area contributed by atoms with E-state index in [9.17, 15) is 0 Å². The van der Waals surface area contributed by atoms with Crippen LogP contribution in [0.1, 0.15) is 5.56 Å². The lowest BCUT2D eigenvalue weighted by molar-refractivity contribution is 0.415. The zero-order valence-electron chi connectivity index (χ0n) is 9.09. The number of azide groups is 1. The molecule has 2 aromatic rings. The van der Waals surface area contributed by atoms with Gasteiger partial charge >= 0.3 is 0 Å². The molecule has 0 radical (unpaired) electrons. The van der Waals surface area contributed by atoms with E-state index < -0.39 is 0 Å². The molecule has 0 atom stereocenters. The molecule has 0 saturated carbocycles. The van der Waals surface area contributed by atoms with Crippen molar-refractivity contribution < 1.29 is 4.74 Å². The predicted molar refractivity (Wildman–Crippen MR) is 66.7 cm³/mol. The average molecular weight is 249 g/mol. The van der Waals surface area contributed by atoms with Crippen molar-refractivity contribution in [2.75, 3.05) is 7.11 Å². The molecule has 86 valence electrons. The van der Waals surface area contributed by atoms with Crippen molar-refractivity contribution in [1.29, 1.82) is 0 Å². The minimum atomic E-state index is 0.245. The summed E-state index contributed by atoms with van der Waals surface area (Å²) >= 11 is 5.79. The van der Waals surface area contributed by atoms with E-state index in [1.165, 1.54) is 0 Å². The molecule has 0 amide bonds. The number of rotatable bonds is 3. The van der Waals surface area contributed by atoms with Crippen LogP contribution in [0, 0.1) is 0 Å². The monoisotopic (exact) mass is 248 g/mol. The number of pyridine rings is 1. The number of halogens is 1. The van der Waals surface area contributed by atoms with Crippen molar-refractivity contribution in [2.45, 2.75) is 5.88 Å². The number of hydrogen-bond acceptors (Lipinski definition) is 3. The first-order chi connectivity index (χ1) is 8.28. The highest BCUT2D eigenvalue weighted by Gasteiger charge is 2.05. The van der Waals surface area contributed by atoms with Crippen LogP contribution in [0.2, 0.25) is 0 Å². The molecule has 0 fully saturated rings. The normalized spacial score (nSPS) is 10.0. The molecule has 0 aliphatic heterocycles. The molecule has 0 N–H and O–H groups in total. The van der Waals surface area contributed by atoms with Crippen molar-refractivity contribution in [3.63, 3.8) is 0 Å². The van der Waals surface area contributed by atoms with Gasteiger partial charge in [-0.15, -0.1) is 11.6 Å². The van der Waals surface area contributed by atoms with Crippen LogP contribution in [-0.4, -0.2) is 12.1 Å². The van der Waals surface area contributed by atoms with Crippen LogP contribution in [0.5, 0.6) is 5.75 Å². The summed E-state index contributed by atoms with van der Waals surface area (Å²) in [5, 5.41) is 4.42. The van der Waals surface area contributed by atoms with Crippen molar-refractivity contribution in [3.05, 3.63) is 40.3 Å². The van der Waals surface area contributed by atoms with Crippen LogP contribution in [-0.2, 0) is 5.88 Å². The maximum absolute atomic E-state index is 8.45. The number of nitrogens with zero attached hydrogens (tertiary/aromatic N) is 4. The highest BCUT2D eigenvalue weighted by molar-refractivity contribution is 6.17. The van der Waals surface area contributed by atoms with Crippen LogP contribution in [0.15, 0.2) is 29.4 Å². The minimum Gasteiger partial charge on any atom is -0.497 e. The lowest BCUT2D eigenvalue weighted by Crippen LogP contribution is -1.88. The molecule has 5 nitrogen and oxygen atoms in total. The lowest BCUT2D eigenvalue weighted by atomic mass is 10.1. The van der Waals surface area contributed by atoms with Gasteiger partial charge in [-0.2, -0.15) is 0 Å². The fraction of sp³-hybridized carbons (Fsp3) is 0.182. The molecule has 17 heavy (non-hydrogen) atoms. The summed E-state index contributed by atoms with van der Waals surface area (Å²) in [6.07, 6.45) is 0. The fourth-order valence-electron chi connectivity index (χ4n) is 1.54. The zero-order chi connectivity index (χ0) is 12.3. The Morgan fingerprint density at radius 2 is 2.29 bits per heavy atom. The first-order valence-corrected chi connectivity index (χ1v) is 5.40. The minimum absolute atomic E-state index is 0.245. The molecule has 0 unspecified atom stereocenters. The van der Waals surface area contributed by atoms with Crippen LogP contribution >= 0.6 is 11.6 Å². The number of methoxy groups -OCH3 is 1. The number of ether oxygens (including phenoxy) is 1. The van der Waals surface area contributed by atoms with Crippen molar-refractivity contribution in [1.82, 2.24) is 4.98 Å². The molecule has 0 spiro atoms. The highest BCUT2D eigenvalue weighted by Crippen LogP contribution is 2.26. The summed E-state index contributed by atoms with van der Waals surface area (Å²) in [5.74, 6) is 1.31. The van der Waals surface area contributed by atoms with E-state index in [0.29, 0.717) is 11.4 Å². The Hall–Kier alpha value is -1.97. The molecule has 0 aliphatic carbocycles. The molecule has 0 bridgehead atoms. The average Bonchev–Trinajstić information content (AvgIpc) is 2.37. The highest BCUT2D eigenvalue weighted by atomic mass is 35.5. The first-order valence-electron chi connectivity index (χ1n) is 4.87. The smallest absolute Gasteiger partial charge is 0.131 e. The third-order valence-electron chi connectivity index (χ3n) is 2.36. The largest absolute Gasteiger partial charge is 0.497 e. The van der Waals surface area contributed by atoms with Gasteiger partial charge in [-0.25, -0.2) is 4.98 Å². The van der Waals surface area contributed by atoms with Crippen LogP contribution < -0.4 is 4.74 Å². The number of fused-ring (bicyclic) bond motifs is 1. The van der Waals surface area contributed by atoms with E-state index in [1.807, 2.05) is 18.2 Å². The maximum Gasteiger partial charge on any atom is 0.131 e. The standard InChI is InChI=1S/C11H9ClN4O/c1-17-9-2-3-10-7(5-9)4-8(6-12)11(14-10)15-16-13/h2-5H,6H2,1H3. The second kappa shape index (κ2) is 4.91. The van der Waals surface area contributed by atoms with Gasteiger partial charge in [0.2, 0.25) is 0 Å². The summed E-state index contributed by atoms with van der Waals surface area (Å²) in [6.45, 7) is 0. The molecular formula is C11H9ClN4O. The Morgan fingerprint density at radius 3 is 2.94 bits per heavy atom. The van der Waals surface area contributed by atoms with E-state index in [1.54, 1.807) is 13.2 Å². The molecule has 0 aliphatic rings. The van der Waals surface area contributed by atoms with Gasteiger partial charge in [-0.05, 0) is 40.5 Å². The van der Waals surface area contributed by atoms with Gasteiger partial charge in [0.1, 0.15) is 11.6 Å². The number of aromatic nitrogens is 1. The van der Waals surface area contributed by atoms with Crippen molar-refractivity contribution >= 4 is 28.3 Å². The topological polar surface area (TPSA) is 70.9 Å². The van der Waals surface area contributed by atoms with Crippen LogP contribution in [0.4, 0.5) is 5.82 Å². The third-order valence-corrected chi connectivity index (χ3v) is 2.65. The summed E-state index contributed by atoms with van der Waals surface area (Å²) in [6, 6.07) is 7.32. The van der Waals surface area contributed by atoms with E-state index >= 15 is 0 Å². The summed E-state index contributed by atoms with van der Waals surface area (Å²) in [4.78, 5) is 6.98. The summed E-state index contributed by atoms with van der Waals surface area (Å²) in [5.41, 5.74) is 9.89. The Bertz CT molecular complexity index is 608. The molecule has 2 rings (SSSR count). The van der Waals surface area contributed by atoms with Gasteiger partial charge in [0, 0.05) is 16.2 Å². The second-order valence-electron chi connectivity index (χ2n) is 3.35. The summed E-state index contributed by atoms with van der Waals surface area (Å²) < 4.78 is 5.13. The van der Waals surface area contributed by atoms with Gasteiger partial charge < -0.3 is 4.74 Å². The second-order valence-corrected chi connectivity index (χ2v) is 3.62. The van der Waals surface area contributed by atoms with Crippen LogP contribution in [0.25, 0.3) is 21.3 Å². The number of hydrogen-bond donors (Lipinski definition) is 0. The SMILES string of the molecule is COc1ccc2nc(N=[N+]=[N-])c(CCl)cc2c1. The molecule has 6 heteroatoms. The first kappa shape index (κ1) is 11.5. The predicted octanol–water partition coefficient (Wildman–Crippen LogP) is 3.92. The molecule has 1 aromatic carbocycles. The molecule has 0 saturated heterocycles. The van der Waals surface area contributed by atoms with Gasteiger partial charge in [0.05, 0.1) is 12.6 Å².